The zero-order chi connectivity index (χ0) is 19.4. The molecule has 1 aliphatic rings. The van der Waals surface area contributed by atoms with E-state index in [2.05, 4.69) is 39.8 Å². The standard InChI is InChI=1S/C23H28O3/c1-13(2)15-11-17(14(3)4)20-19(12-15)22(5,6)23(20,26)18-10-8-7-9-16(18)21(24)25/h7-14,26H,1-6H3,(H,24,25). The van der Waals surface area contributed by atoms with Gasteiger partial charge in [0.1, 0.15) is 5.60 Å². The first-order valence-corrected chi connectivity index (χ1v) is 9.27. The highest BCUT2D eigenvalue weighted by Gasteiger charge is 2.60. The molecule has 1 unspecified atom stereocenters. The largest absolute Gasteiger partial charge is 0.478 e. The first kappa shape index (κ1) is 18.7. The summed E-state index contributed by atoms with van der Waals surface area (Å²) in [6.07, 6.45) is 0. The zero-order valence-corrected chi connectivity index (χ0v) is 16.4. The summed E-state index contributed by atoms with van der Waals surface area (Å²) in [7, 11) is 0. The number of carboxylic acids is 1. The summed E-state index contributed by atoms with van der Waals surface area (Å²) in [5.41, 5.74) is 3.13. The van der Waals surface area contributed by atoms with Gasteiger partial charge in [0.2, 0.25) is 0 Å². The number of benzene rings is 2. The van der Waals surface area contributed by atoms with E-state index in [1.807, 2.05) is 13.8 Å². The molecule has 2 aromatic rings. The maximum absolute atomic E-state index is 11.9. The molecule has 2 aromatic carbocycles. The molecule has 3 rings (SSSR count). The highest BCUT2D eigenvalue weighted by molar-refractivity contribution is 5.90. The molecule has 0 bridgehead atoms. The maximum atomic E-state index is 11.9. The SMILES string of the molecule is CC(C)c1cc(C(C)C)c2c(c1)C(C)(C)C2(O)c1ccccc1C(=O)O. The summed E-state index contributed by atoms with van der Waals surface area (Å²) >= 11 is 0. The van der Waals surface area contributed by atoms with E-state index in [-0.39, 0.29) is 11.5 Å². The van der Waals surface area contributed by atoms with Crippen molar-refractivity contribution >= 4 is 5.97 Å². The second-order valence-corrected chi connectivity index (χ2v) is 8.53. The Morgan fingerprint density at radius 3 is 2.12 bits per heavy atom. The molecule has 0 saturated carbocycles. The lowest BCUT2D eigenvalue weighted by Crippen LogP contribution is -2.57. The molecule has 1 aliphatic carbocycles. The van der Waals surface area contributed by atoms with Crippen LogP contribution in [0.15, 0.2) is 36.4 Å². The van der Waals surface area contributed by atoms with Gasteiger partial charge in [-0.2, -0.15) is 0 Å². The molecular weight excluding hydrogens is 324 g/mol. The van der Waals surface area contributed by atoms with Crippen molar-refractivity contribution in [3.63, 3.8) is 0 Å². The minimum absolute atomic E-state index is 0.163. The molecule has 3 heteroatoms. The number of rotatable bonds is 4. The van der Waals surface area contributed by atoms with E-state index in [1.54, 1.807) is 24.3 Å². The Bertz CT molecular complexity index is 860. The predicted octanol–water partition coefficient (Wildman–Crippen LogP) is 5.16. The lowest BCUT2D eigenvalue weighted by molar-refractivity contribution is -0.0264. The third kappa shape index (κ3) is 2.34. The van der Waals surface area contributed by atoms with E-state index in [0.717, 1.165) is 16.7 Å². The van der Waals surface area contributed by atoms with Crippen LogP contribution in [-0.2, 0) is 11.0 Å². The molecule has 0 radical (unpaired) electrons. The van der Waals surface area contributed by atoms with Crippen LogP contribution >= 0.6 is 0 Å². The van der Waals surface area contributed by atoms with Crippen LogP contribution in [0.25, 0.3) is 0 Å². The summed E-state index contributed by atoms with van der Waals surface area (Å²) in [6, 6.07) is 11.2. The number of carboxylic acid groups (broad SMARTS) is 1. The molecule has 0 aliphatic heterocycles. The molecule has 0 saturated heterocycles. The summed E-state index contributed by atoms with van der Waals surface area (Å²) < 4.78 is 0. The van der Waals surface area contributed by atoms with Crippen LogP contribution < -0.4 is 0 Å². The lowest BCUT2D eigenvalue weighted by Gasteiger charge is -2.56. The van der Waals surface area contributed by atoms with Gasteiger partial charge in [0, 0.05) is 11.0 Å². The van der Waals surface area contributed by atoms with Crippen molar-refractivity contribution in [1.82, 2.24) is 0 Å². The van der Waals surface area contributed by atoms with Crippen LogP contribution in [0.2, 0.25) is 0 Å². The molecule has 3 nitrogen and oxygen atoms in total. The molecule has 0 fully saturated rings. The van der Waals surface area contributed by atoms with Gasteiger partial charge < -0.3 is 10.2 Å². The van der Waals surface area contributed by atoms with Gasteiger partial charge >= 0.3 is 5.97 Å². The van der Waals surface area contributed by atoms with Gasteiger partial charge in [-0.15, -0.1) is 0 Å². The van der Waals surface area contributed by atoms with Crippen LogP contribution in [0.3, 0.4) is 0 Å². The number of aliphatic hydroxyl groups is 1. The molecule has 26 heavy (non-hydrogen) atoms. The molecular formula is C23H28O3. The average molecular weight is 352 g/mol. The first-order valence-electron chi connectivity index (χ1n) is 9.27. The third-order valence-electron chi connectivity index (χ3n) is 5.97. The van der Waals surface area contributed by atoms with Crippen LogP contribution in [0.1, 0.15) is 91.6 Å². The van der Waals surface area contributed by atoms with E-state index >= 15 is 0 Å². The Hall–Kier alpha value is -2.13. The second-order valence-electron chi connectivity index (χ2n) is 8.53. The highest BCUT2D eigenvalue weighted by atomic mass is 16.4. The van der Waals surface area contributed by atoms with Gasteiger partial charge in [0.15, 0.2) is 0 Å². The molecule has 138 valence electrons. The van der Waals surface area contributed by atoms with E-state index in [1.165, 1.54) is 5.56 Å². The summed E-state index contributed by atoms with van der Waals surface area (Å²) in [5.74, 6) is -0.376. The Morgan fingerprint density at radius 1 is 0.962 bits per heavy atom. The molecule has 0 heterocycles. The van der Waals surface area contributed by atoms with Gasteiger partial charge in [-0.1, -0.05) is 71.9 Å². The molecule has 2 N–H and O–H groups in total. The van der Waals surface area contributed by atoms with Crippen molar-refractivity contribution in [2.45, 2.75) is 64.4 Å². The lowest BCUT2D eigenvalue weighted by atomic mass is 9.50. The zero-order valence-electron chi connectivity index (χ0n) is 16.4. The number of hydrogen-bond acceptors (Lipinski definition) is 2. The summed E-state index contributed by atoms with van der Waals surface area (Å²) in [4.78, 5) is 11.8. The average Bonchev–Trinajstić information content (AvgIpc) is 2.59. The Labute approximate surface area is 155 Å². The summed E-state index contributed by atoms with van der Waals surface area (Å²) in [5, 5.41) is 21.5. The first-order chi connectivity index (χ1) is 12.0. The van der Waals surface area contributed by atoms with E-state index in [0.29, 0.717) is 11.5 Å². The van der Waals surface area contributed by atoms with Gasteiger partial charge in [0.25, 0.3) is 0 Å². The fraction of sp³-hybridized carbons (Fsp3) is 0.435. The Morgan fingerprint density at radius 2 is 1.58 bits per heavy atom. The van der Waals surface area contributed by atoms with E-state index < -0.39 is 17.0 Å². The predicted molar refractivity (Wildman–Crippen MR) is 104 cm³/mol. The maximum Gasteiger partial charge on any atom is 0.336 e. The minimum atomic E-state index is -1.31. The van der Waals surface area contributed by atoms with Gasteiger partial charge in [-0.25, -0.2) is 4.79 Å². The molecule has 1 atom stereocenters. The Balaban J connectivity index is 2.35. The van der Waals surface area contributed by atoms with Crippen LogP contribution in [0.5, 0.6) is 0 Å². The minimum Gasteiger partial charge on any atom is -0.478 e. The topological polar surface area (TPSA) is 57.5 Å². The number of hydrogen-bond donors (Lipinski definition) is 2. The smallest absolute Gasteiger partial charge is 0.336 e. The second kappa shape index (κ2) is 5.95. The van der Waals surface area contributed by atoms with Crippen LogP contribution in [-0.4, -0.2) is 16.2 Å². The van der Waals surface area contributed by atoms with E-state index in [9.17, 15) is 15.0 Å². The van der Waals surface area contributed by atoms with Crippen molar-refractivity contribution in [2.75, 3.05) is 0 Å². The fourth-order valence-corrected chi connectivity index (χ4v) is 4.27. The molecule has 0 amide bonds. The number of fused-ring (bicyclic) bond motifs is 1. The Kier molecular flexibility index (Phi) is 4.27. The molecule has 0 spiro atoms. The van der Waals surface area contributed by atoms with Crippen molar-refractivity contribution < 1.29 is 15.0 Å². The normalized spacial score (nSPS) is 20.8. The van der Waals surface area contributed by atoms with Crippen LogP contribution in [0.4, 0.5) is 0 Å². The highest BCUT2D eigenvalue weighted by Crippen LogP contribution is 2.60. The van der Waals surface area contributed by atoms with Crippen molar-refractivity contribution in [3.8, 4) is 0 Å². The fourth-order valence-electron chi connectivity index (χ4n) is 4.27. The van der Waals surface area contributed by atoms with Gasteiger partial charge in [-0.05, 0) is 40.2 Å². The van der Waals surface area contributed by atoms with Gasteiger partial charge in [-0.3, -0.25) is 0 Å². The van der Waals surface area contributed by atoms with Crippen molar-refractivity contribution in [2.24, 2.45) is 0 Å². The monoisotopic (exact) mass is 352 g/mol. The van der Waals surface area contributed by atoms with E-state index in [4.69, 9.17) is 0 Å². The quantitative estimate of drug-likeness (QED) is 0.799. The van der Waals surface area contributed by atoms with Crippen molar-refractivity contribution in [1.29, 1.82) is 0 Å². The van der Waals surface area contributed by atoms with Gasteiger partial charge in [0.05, 0.1) is 5.56 Å². The molecule has 0 aromatic heterocycles. The number of carbonyl (C=O) groups is 1. The summed E-state index contributed by atoms with van der Waals surface area (Å²) in [6.45, 7) is 12.6. The van der Waals surface area contributed by atoms with Crippen LogP contribution in [0, 0.1) is 0 Å². The van der Waals surface area contributed by atoms with Crippen molar-refractivity contribution in [3.05, 3.63) is 69.8 Å². The third-order valence-corrected chi connectivity index (χ3v) is 5.97. The number of aromatic carboxylic acids is 1.